The second-order valence-corrected chi connectivity index (χ2v) is 7.10. The Morgan fingerprint density at radius 1 is 1.00 bits per heavy atom. The number of fused-ring (bicyclic) bond motifs is 1. The number of nitrogens with zero attached hydrogens (tertiary/aromatic N) is 1. The minimum atomic E-state index is -0.549. The van der Waals surface area contributed by atoms with E-state index in [4.69, 9.17) is 0 Å². The predicted octanol–water partition coefficient (Wildman–Crippen LogP) is 2.07. The lowest BCUT2D eigenvalue weighted by Gasteiger charge is -2.21. The number of carbonyl (C=O) groups is 3. The molecule has 5 amide bonds. The van der Waals surface area contributed by atoms with E-state index in [9.17, 15) is 14.4 Å². The molecule has 0 spiro atoms. The zero-order valence-electron chi connectivity index (χ0n) is 15.4. The van der Waals surface area contributed by atoms with Crippen LogP contribution in [0.4, 0.5) is 15.3 Å². The van der Waals surface area contributed by atoms with Crippen LogP contribution in [-0.2, 0) is 24.1 Å². The van der Waals surface area contributed by atoms with Crippen LogP contribution >= 0.6 is 0 Å². The number of hydrogen-bond donors (Lipinski definition) is 3. The van der Waals surface area contributed by atoms with Crippen LogP contribution in [-0.4, -0.2) is 42.0 Å². The first-order valence-corrected chi connectivity index (χ1v) is 9.41. The van der Waals surface area contributed by atoms with Crippen molar-refractivity contribution in [2.24, 2.45) is 0 Å². The van der Waals surface area contributed by atoms with Crippen LogP contribution in [0.25, 0.3) is 0 Å². The molecule has 144 valence electrons. The maximum absolute atomic E-state index is 12.6. The van der Waals surface area contributed by atoms with E-state index in [1.54, 1.807) is 0 Å². The molecule has 2 aromatic carbocycles. The highest BCUT2D eigenvalue weighted by Crippen LogP contribution is 2.17. The molecule has 2 heterocycles. The van der Waals surface area contributed by atoms with Crippen LogP contribution in [0.15, 0.2) is 48.5 Å². The van der Waals surface area contributed by atoms with Crippen LogP contribution in [0.5, 0.6) is 0 Å². The summed E-state index contributed by atoms with van der Waals surface area (Å²) in [6, 6.07) is 14.5. The molecular weight excluding hydrogens is 356 g/mol. The summed E-state index contributed by atoms with van der Waals surface area (Å²) in [6.07, 6.45) is 2.13. The van der Waals surface area contributed by atoms with Crippen molar-refractivity contribution in [3.63, 3.8) is 0 Å². The first-order valence-electron chi connectivity index (χ1n) is 9.41. The van der Waals surface area contributed by atoms with E-state index in [1.807, 2.05) is 41.3 Å². The fourth-order valence-electron chi connectivity index (χ4n) is 3.64. The van der Waals surface area contributed by atoms with E-state index < -0.39 is 12.1 Å². The smallest absolute Gasteiger partial charge is 0.322 e. The summed E-state index contributed by atoms with van der Waals surface area (Å²) in [5.74, 6) is -0.315. The summed E-state index contributed by atoms with van der Waals surface area (Å²) in [5, 5.41) is 7.74. The molecular formula is C21H22N4O3. The third kappa shape index (κ3) is 3.98. The van der Waals surface area contributed by atoms with Gasteiger partial charge in [-0.1, -0.05) is 36.4 Å². The van der Waals surface area contributed by atoms with Crippen molar-refractivity contribution in [1.29, 1.82) is 0 Å². The highest BCUT2D eigenvalue weighted by Gasteiger charge is 2.29. The minimum absolute atomic E-state index is 0.108. The number of imide groups is 1. The van der Waals surface area contributed by atoms with Crippen LogP contribution in [0, 0.1) is 0 Å². The Kier molecular flexibility index (Phi) is 4.97. The quantitative estimate of drug-likeness (QED) is 0.714. The van der Waals surface area contributed by atoms with E-state index in [1.165, 1.54) is 11.1 Å². The third-order valence-corrected chi connectivity index (χ3v) is 5.21. The summed E-state index contributed by atoms with van der Waals surface area (Å²) in [5.41, 5.74) is 4.23. The van der Waals surface area contributed by atoms with Gasteiger partial charge in [-0.15, -0.1) is 0 Å². The first-order chi connectivity index (χ1) is 13.6. The Labute approximate surface area is 163 Å². The van der Waals surface area contributed by atoms with Gasteiger partial charge in [0.25, 0.3) is 5.91 Å². The highest BCUT2D eigenvalue weighted by atomic mass is 16.2. The van der Waals surface area contributed by atoms with Crippen molar-refractivity contribution < 1.29 is 14.4 Å². The number of carbonyl (C=O) groups excluding carboxylic acids is 3. The van der Waals surface area contributed by atoms with E-state index in [0.29, 0.717) is 25.2 Å². The molecule has 4 rings (SSSR count). The molecule has 1 atom stereocenters. The summed E-state index contributed by atoms with van der Waals surface area (Å²) < 4.78 is 0. The van der Waals surface area contributed by atoms with Gasteiger partial charge in [-0.3, -0.25) is 10.1 Å². The summed E-state index contributed by atoms with van der Waals surface area (Å²) >= 11 is 0. The summed E-state index contributed by atoms with van der Waals surface area (Å²) in [7, 11) is 0. The number of rotatable bonds is 3. The molecule has 0 aromatic heterocycles. The van der Waals surface area contributed by atoms with E-state index in [0.717, 1.165) is 18.4 Å². The molecule has 1 unspecified atom stereocenters. The fraction of sp³-hybridized carbons (Fsp3) is 0.286. The third-order valence-electron chi connectivity index (χ3n) is 5.21. The fourth-order valence-corrected chi connectivity index (χ4v) is 3.64. The standard InChI is InChI=1S/C21H22N4O3/c26-19-18(23-20(27)24-19)13-14-5-7-17(8-6-14)22-21(28)25-11-9-15-3-1-2-4-16(15)10-12-25/h1-8,18H,9-13H2,(H,22,28)(H2,23,24,26,27). The average Bonchev–Trinajstić information content (AvgIpc) is 2.89. The van der Waals surface area contributed by atoms with Gasteiger partial charge in [0.1, 0.15) is 6.04 Å². The SMILES string of the molecule is O=C1NC(=O)C(Cc2ccc(NC(=O)N3CCc4ccccc4CC3)cc2)N1. The zero-order valence-corrected chi connectivity index (χ0v) is 15.4. The first kappa shape index (κ1) is 18.0. The maximum atomic E-state index is 12.6. The Hall–Kier alpha value is -3.35. The molecule has 7 nitrogen and oxygen atoms in total. The lowest BCUT2D eigenvalue weighted by atomic mass is 10.0. The molecule has 1 fully saturated rings. The zero-order chi connectivity index (χ0) is 19.5. The Balaban J connectivity index is 1.33. The Bertz CT molecular complexity index is 883. The van der Waals surface area contributed by atoms with Crippen molar-refractivity contribution in [2.75, 3.05) is 18.4 Å². The second kappa shape index (κ2) is 7.72. The lowest BCUT2D eigenvalue weighted by molar-refractivity contribution is -0.120. The Morgan fingerprint density at radius 3 is 2.21 bits per heavy atom. The van der Waals surface area contributed by atoms with Crippen molar-refractivity contribution in [3.05, 3.63) is 65.2 Å². The predicted molar refractivity (Wildman–Crippen MR) is 105 cm³/mol. The number of urea groups is 2. The van der Waals surface area contributed by atoms with Crippen LogP contribution < -0.4 is 16.0 Å². The van der Waals surface area contributed by atoms with Gasteiger partial charge in [-0.25, -0.2) is 9.59 Å². The molecule has 2 aliphatic heterocycles. The topological polar surface area (TPSA) is 90.5 Å². The molecule has 0 saturated carbocycles. The van der Waals surface area contributed by atoms with E-state index >= 15 is 0 Å². The molecule has 7 heteroatoms. The second-order valence-electron chi connectivity index (χ2n) is 7.10. The minimum Gasteiger partial charge on any atom is -0.326 e. The highest BCUT2D eigenvalue weighted by molar-refractivity contribution is 6.04. The number of anilines is 1. The number of amides is 5. The molecule has 0 radical (unpaired) electrons. The molecule has 28 heavy (non-hydrogen) atoms. The lowest BCUT2D eigenvalue weighted by Crippen LogP contribution is -2.36. The van der Waals surface area contributed by atoms with Crippen molar-refractivity contribution >= 4 is 23.7 Å². The summed E-state index contributed by atoms with van der Waals surface area (Å²) in [6.45, 7) is 1.38. The van der Waals surface area contributed by atoms with Crippen LogP contribution in [0.3, 0.4) is 0 Å². The molecule has 0 bridgehead atoms. The maximum Gasteiger partial charge on any atom is 0.322 e. The van der Waals surface area contributed by atoms with Gasteiger partial charge in [0.15, 0.2) is 0 Å². The van der Waals surface area contributed by atoms with Crippen molar-refractivity contribution in [3.8, 4) is 0 Å². The van der Waals surface area contributed by atoms with Crippen LogP contribution in [0.2, 0.25) is 0 Å². The average molecular weight is 378 g/mol. The van der Waals surface area contributed by atoms with Crippen molar-refractivity contribution in [2.45, 2.75) is 25.3 Å². The Morgan fingerprint density at radius 2 is 1.64 bits per heavy atom. The van der Waals surface area contributed by atoms with Gasteiger partial charge in [-0.2, -0.15) is 0 Å². The van der Waals surface area contributed by atoms with Gasteiger partial charge < -0.3 is 15.5 Å². The van der Waals surface area contributed by atoms with E-state index in [2.05, 4.69) is 28.1 Å². The van der Waals surface area contributed by atoms with Gasteiger partial charge in [0, 0.05) is 25.2 Å². The van der Waals surface area contributed by atoms with Crippen molar-refractivity contribution in [1.82, 2.24) is 15.5 Å². The number of nitrogens with one attached hydrogen (secondary N) is 3. The largest absolute Gasteiger partial charge is 0.326 e. The summed E-state index contributed by atoms with van der Waals surface area (Å²) in [4.78, 5) is 37.3. The monoisotopic (exact) mass is 378 g/mol. The van der Waals surface area contributed by atoms with Gasteiger partial charge in [-0.05, 0) is 41.7 Å². The molecule has 1 saturated heterocycles. The van der Waals surface area contributed by atoms with Gasteiger partial charge in [0.05, 0.1) is 0 Å². The molecule has 3 N–H and O–H groups in total. The molecule has 2 aliphatic rings. The number of benzene rings is 2. The van der Waals surface area contributed by atoms with E-state index in [-0.39, 0.29) is 11.9 Å². The normalized spacial score (nSPS) is 18.7. The van der Waals surface area contributed by atoms with Crippen LogP contribution in [0.1, 0.15) is 16.7 Å². The van der Waals surface area contributed by atoms with Gasteiger partial charge in [0.2, 0.25) is 0 Å². The molecule has 0 aliphatic carbocycles. The molecule has 2 aromatic rings. The van der Waals surface area contributed by atoms with Gasteiger partial charge >= 0.3 is 12.1 Å². The number of hydrogen-bond acceptors (Lipinski definition) is 3.